The molecule has 0 radical (unpaired) electrons. The largest absolute Gasteiger partial charge is 0.467 e. The first-order valence-electron chi connectivity index (χ1n) is 6.39. The van der Waals surface area contributed by atoms with E-state index in [1.807, 2.05) is 60.9 Å². The molecule has 1 heterocycles. The lowest BCUT2D eigenvalue weighted by Gasteiger charge is -2.20. The first-order valence-corrected chi connectivity index (χ1v) is 6.39. The van der Waals surface area contributed by atoms with Gasteiger partial charge in [0.05, 0.1) is 7.11 Å². The second kappa shape index (κ2) is 5.74. The lowest BCUT2D eigenvalue weighted by molar-refractivity contribution is -0.144. The SMILES string of the molecule is COC(=O)C(Cc1ccccc1)n1c(C)ccc1C. The van der Waals surface area contributed by atoms with Crippen LogP contribution in [-0.4, -0.2) is 17.6 Å². The summed E-state index contributed by atoms with van der Waals surface area (Å²) in [5, 5.41) is 0. The molecular weight excluding hydrogens is 238 g/mol. The maximum atomic E-state index is 12.1. The summed E-state index contributed by atoms with van der Waals surface area (Å²) in [5.74, 6) is -0.203. The van der Waals surface area contributed by atoms with Crippen molar-refractivity contribution < 1.29 is 9.53 Å². The van der Waals surface area contributed by atoms with E-state index in [0.717, 1.165) is 17.0 Å². The molecule has 2 rings (SSSR count). The number of hydrogen-bond acceptors (Lipinski definition) is 2. The molecule has 0 spiro atoms. The van der Waals surface area contributed by atoms with Gasteiger partial charge in [-0.15, -0.1) is 0 Å². The molecule has 3 heteroatoms. The highest BCUT2D eigenvalue weighted by Gasteiger charge is 2.23. The number of carbonyl (C=O) groups excluding carboxylic acids is 1. The van der Waals surface area contributed by atoms with Crippen molar-refractivity contribution in [1.82, 2.24) is 4.57 Å². The second-order valence-corrected chi connectivity index (χ2v) is 4.71. The number of aromatic nitrogens is 1. The number of rotatable bonds is 4. The Morgan fingerprint density at radius 2 is 1.68 bits per heavy atom. The van der Waals surface area contributed by atoms with Crippen LogP contribution in [0.4, 0.5) is 0 Å². The summed E-state index contributed by atoms with van der Waals surface area (Å²) in [6.07, 6.45) is 0.643. The number of benzene rings is 1. The highest BCUT2D eigenvalue weighted by Crippen LogP contribution is 2.21. The van der Waals surface area contributed by atoms with Gasteiger partial charge in [0.2, 0.25) is 0 Å². The molecule has 1 aromatic heterocycles. The van der Waals surface area contributed by atoms with Crippen molar-refractivity contribution in [3.8, 4) is 0 Å². The minimum Gasteiger partial charge on any atom is -0.467 e. The fraction of sp³-hybridized carbons (Fsp3) is 0.312. The van der Waals surface area contributed by atoms with Crippen LogP contribution in [0.5, 0.6) is 0 Å². The van der Waals surface area contributed by atoms with Crippen molar-refractivity contribution in [3.63, 3.8) is 0 Å². The van der Waals surface area contributed by atoms with E-state index in [2.05, 4.69) is 0 Å². The van der Waals surface area contributed by atoms with Crippen molar-refractivity contribution >= 4 is 5.97 Å². The Balaban J connectivity index is 2.35. The fourth-order valence-electron chi connectivity index (χ4n) is 2.43. The first kappa shape index (κ1) is 13.4. The molecule has 1 unspecified atom stereocenters. The zero-order valence-electron chi connectivity index (χ0n) is 11.6. The van der Waals surface area contributed by atoms with E-state index in [-0.39, 0.29) is 12.0 Å². The molecule has 2 aromatic rings. The Labute approximate surface area is 113 Å². The minimum atomic E-state index is -0.303. The zero-order valence-corrected chi connectivity index (χ0v) is 11.6. The summed E-state index contributed by atoms with van der Waals surface area (Å²) in [6.45, 7) is 4.02. The fourth-order valence-corrected chi connectivity index (χ4v) is 2.43. The summed E-state index contributed by atoms with van der Waals surface area (Å²) in [7, 11) is 1.44. The lowest BCUT2D eigenvalue weighted by atomic mass is 10.1. The third-order valence-corrected chi connectivity index (χ3v) is 3.38. The molecular formula is C16H19NO2. The summed E-state index contributed by atoms with van der Waals surface area (Å²) in [4.78, 5) is 12.1. The van der Waals surface area contributed by atoms with Gasteiger partial charge < -0.3 is 9.30 Å². The molecule has 1 atom stereocenters. The van der Waals surface area contributed by atoms with Gasteiger partial charge in [-0.25, -0.2) is 4.79 Å². The summed E-state index contributed by atoms with van der Waals surface area (Å²) < 4.78 is 7.00. The van der Waals surface area contributed by atoms with E-state index in [4.69, 9.17) is 4.74 Å². The third kappa shape index (κ3) is 2.87. The number of aryl methyl sites for hydroxylation is 2. The second-order valence-electron chi connectivity index (χ2n) is 4.71. The Bertz CT molecular complexity index is 538. The van der Waals surface area contributed by atoms with Crippen molar-refractivity contribution in [2.24, 2.45) is 0 Å². The van der Waals surface area contributed by atoms with Crippen LogP contribution in [0, 0.1) is 13.8 Å². The third-order valence-electron chi connectivity index (χ3n) is 3.38. The van der Waals surface area contributed by atoms with Gasteiger partial charge in [-0.05, 0) is 31.5 Å². The Morgan fingerprint density at radius 3 is 2.21 bits per heavy atom. The van der Waals surface area contributed by atoms with Crippen molar-refractivity contribution in [2.45, 2.75) is 26.3 Å². The highest BCUT2D eigenvalue weighted by atomic mass is 16.5. The van der Waals surface area contributed by atoms with Crippen molar-refractivity contribution in [2.75, 3.05) is 7.11 Å². The van der Waals surface area contributed by atoms with E-state index in [1.54, 1.807) is 0 Å². The van der Waals surface area contributed by atoms with Crippen LogP contribution < -0.4 is 0 Å². The number of esters is 1. The highest BCUT2D eigenvalue weighted by molar-refractivity contribution is 5.74. The molecule has 3 nitrogen and oxygen atoms in total. The van der Waals surface area contributed by atoms with E-state index in [0.29, 0.717) is 6.42 Å². The van der Waals surface area contributed by atoms with Crippen LogP contribution in [0.3, 0.4) is 0 Å². The maximum Gasteiger partial charge on any atom is 0.329 e. The van der Waals surface area contributed by atoms with Gasteiger partial charge in [0.25, 0.3) is 0 Å². The number of ether oxygens (including phenoxy) is 1. The molecule has 0 amide bonds. The smallest absolute Gasteiger partial charge is 0.329 e. The Hall–Kier alpha value is -2.03. The van der Waals surface area contributed by atoms with Crippen molar-refractivity contribution in [1.29, 1.82) is 0 Å². The van der Waals surface area contributed by atoms with Gasteiger partial charge in [0.15, 0.2) is 0 Å². The molecule has 0 fully saturated rings. The van der Waals surface area contributed by atoms with E-state index >= 15 is 0 Å². The molecule has 0 saturated carbocycles. The lowest BCUT2D eigenvalue weighted by Crippen LogP contribution is -2.24. The first-order chi connectivity index (χ1) is 9.13. The number of nitrogens with zero attached hydrogens (tertiary/aromatic N) is 1. The van der Waals surface area contributed by atoms with Crippen LogP contribution in [0.25, 0.3) is 0 Å². The summed E-state index contributed by atoms with van der Waals surface area (Å²) >= 11 is 0. The van der Waals surface area contributed by atoms with Gasteiger partial charge in [-0.3, -0.25) is 0 Å². The van der Waals surface area contributed by atoms with Crippen LogP contribution >= 0.6 is 0 Å². The van der Waals surface area contributed by atoms with Gasteiger partial charge in [-0.2, -0.15) is 0 Å². The topological polar surface area (TPSA) is 31.2 Å². The Morgan fingerprint density at radius 1 is 1.11 bits per heavy atom. The van der Waals surface area contributed by atoms with Gasteiger partial charge >= 0.3 is 5.97 Å². The van der Waals surface area contributed by atoms with E-state index < -0.39 is 0 Å². The van der Waals surface area contributed by atoms with E-state index in [9.17, 15) is 4.79 Å². The van der Waals surface area contributed by atoms with Crippen LogP contribution in [0.1, 0.15) is 23.0 Å². The average molecular weight is 257 g/mol. The quantitative estimate of drug-likeness (QED) is 0.788. The van der Waals surface area contributed by atoms with Gasteiger partial charge in [0.1, 0.15) is 6.04 Å². The number of carbonyl (C=O) groups is 1. The standard InChI is InChI=1S/C16H19NO2/c1-12-9-10-13(2)17(12)15(16(18)19-3)11-14-7-5-4-6-8-14/h4-10,15H,11H2,1-3H3. The number of methoxy groups -OCH3 is 1. The molecule has 0 bridgehead atoms. The van der Waals surface area contributed by atoms with Crippen LogP contribution in [-0.2, 0) is 16.0 Å². The molecule has 0 saturated heterocycles. The van der Waals surface area contributed by atoms with Gasteiger partial charge in [0, 0.05) is 17.8 Å². The maximum absolute atomic E-state index is 12.1. The summed E-state index contributed by atoms with van der Waals surface area (Å²) in [6, 6.07) is 13.8. The predicted octanol–water partition coefficient (Wildman–Crippen LogP) is 3.06. The normalized spacial score (nSPS) is 12.2. The molecule has 100 valence electrons. The van der Waals surface area contributed by atoms with Crippen molar-refractivity contribution in [3.05, 3.63) is 59.4 Å². The molecule has 1 aromatic carbocycles. The predicted molar refractivity (Wildman–Crippen MR) is 75.1 cm³/mol. The Kier molecular flexibility index (Phi) is 4.05. The number of hydrogen-bond donors (Lipinski definition) is 0. The molecule has 19 heavy (non-hydrogen) atoms. The van der Waals surface area contributed by atoms with E-state index in [1.165, 1.54) is 7.11 Å². The van der Waals surface area contributed by atoms with Crippen LogP contribution in [0.15, 0.2) is 42.5 Å². The van der Waals surface area contributed by atoms with Crippen LogP contribution in [0.2, 0.25) is 0 Å². The van der Waals surface area contributed by atoms with Gasteiger partial charge in [-0.1, -0.05) is 30.3 Å². The molecule has 0 N–H and O–H groups in total. The molecule has 0 aliphatic rings. The monoisotopic (exact) mass is 257 g/mol. The molecule has 0 aliphatic carbocycles. The average Bonchev–Trinajstić information content (AvgIpc) is 2.76. The zero-order chi connectivity index (χ0) is 13.8. The molecule has 0 aliphatic heterocycles. The summed E-state index contributed by atoms with van der Waals surface area (Å²) in [5.41, 5.74) is 3.28. The minimum absolute atomic E-state index is 0.203.